The summed E-state index contributed by atoms with van der Waals surface area (Å²) >= 11 is 0. The maximum Gasteiger partial charge on any atom is 0.0617 e. The molecule has 0 saturated carbocycles. The molecule has 0 bridgehead atoms. The molecule has 1 heterocycles. The second-order valence-electron chi connectivity index (χ2n) is 6.36. The number of rotatable bonds is 11. The molecule has 0 spiro atoms. The van der Waals surface area contributed by atoms with Crippen molar-refractivity contribution in [2.45, 2.75) is 46.1 Å². The Balaban J connectivity index is 2.28. The predicted molar refractivity (Wildman–Crippen MR) is 82.1 cm³/mol. The lowest BCUT2D eigenvalue weighted by Crippen LogP contribution is -2.41. The molecule has 2 unspecified atom stereocenters. The van der Waals surface area contributed by atoms with Crippen molar-refractivity contribution in [3.63, 3.8) is 0 Å². The van der Waals surface area contributed by atoms with Gasteiger partial charge in [-0.05, 0) is 38.6 Å². The lowest BCUT2D eigenvalue weighted by molar-refractivity contribution is 0.0292. The molecule has 1 fully saturated rings. The summed E-state index contributed by atoms with van der Waals surface area (Å²) in [5.74, 6) is 0.690. The van der Waals surface area contributed by atoms with E-state index in [2.05, 4.69) is 26.1 Å². The van der Waals surface area contributed by atoms with Gasteiger partial charge in [-0.15, -0.1) is 0 Å². The van der Waals surface area contributed by atoms with Gasteiger partial charge in [-0.1, -0.05) is 13.8 Å². The van der Waals surface area contributed by atoms with E-state index in [1.54, 1.807) is 7.11 Å². The lowest BCUT2D eigenvalue weighted by atomic mass is 9.78. The van der Waals surface area contributed by atoms with E-state index in [1.165, 1.54) is 0 Å². The van der Waals surface area contributed by atoms with Crippen LogP contribution in [0.25, 0.3) is 0 Å². The molecule has 1 saturated heterocycles. The van der Waals surface area contributed by atoms with Gasteiger partial charge in [-0.2, -0.15) is 0 Å². The molecular formula is C16H33NO3. The van der Waals surface area contributed by atoms with E-state index >= 15 is 0 Å². The minimum absolute atomic E-state index is 0.246. The van der Waals surface area contributed by atoms with Gasteiger partial charge in [0.2, 0.25) is 0 Å². The van der Waals surface area contributed by atoms with E-state index in [9.17, 15) is 0 Å². The van der Waals surface area contributed by atoms with Gasteiger partial charge in [0.25, 0.3) is 0 Å². The Morgan fingerprint density at radius 2 is 2.10 bits per heavy atom. The Labute approximate surface area is 124 Å². The van der Waals surface area contributed by atoms with Crippen LogP contribution in [0.2, 0.25) is 0 Å². The number of hydrogen-bond acceptors (Lipinski definition) is 4. The van der Waals surface area contributed by atoms with E-state index in [-0.39, 0.29) is 5.41 Å². The number of hydrogen-bond donors (Lipinski definition) is 1. The zero-order valence-electron chi connectivity index (χ0n) is 13.7. The van der Waals surface area contributed by atoms with Crippen molar-refractivity contribution in [1.82, 2.24) is 5.32 Å². The lowest BCUT2D eigenvalue weighted by Gasteiger charge is -2.33. The first kappa shape index (κ1) is 17.9. The van der Waals surface area contributed by atoms with Crippen LogP contribution in [0.5, 0.6) is 0 Å². The fourth-order valence-electron chi connectivity index (χ4n) is 2.76. The molecule has 4 heteroatoms. The van der Waals surface area contributed by atoms with Crippen molar-refractivity contribution in [3.05, 3.63) is 0 Å². The van der Waals surface area contributed by atoms with Crippen LogP contribution in [0.1, 0.15) is 40.0 Å². The molecule has 0 amide bonds. The normalized spacial score (nSPS) is 26.6. The number of methoxy groups -OCH3 is 1. The summed E-state index contributed by atoms with van der Waals surface area (Å²) < 4.78 is 16.6. The largest absolute Gasteiger partial charge is 0.385 e. The molecule has 1 rings (SSSR count). The van der Waals surface area contributed by atoms with Gasteiger partial charge in [0.05, 0.1) is 6.10 Å². The fourth-order valence-corrected chi connectivity index (χ4v) is 2.76. The first-order valence-corrected chi connectivity index (χ1v) is 8.00. The highest BCUT2D eigenvalue weighted by Crippen LogP contribution is 2.37. The molecule has 1 aliphatic heterocycles. The maximum absolute atomic E-state index is 5.81. The van der Waals surface area contributed by atoms with Gasteiger partial charge < -0.3 is 19.5 Å². The highest BCUT2D eigenvalue weighted by Gasteiger charge is 2.40. The summed E-state index contributed by atoms with van der Waals surface area (Å²) in [6, 6.07) is 0. The Bertz CT molecular complexity index is 248. The van der Waals surface area contributed by atoms with Gasteiger partial charge in [-0.3, -0.25) is 0 Å². The van der Waals surface area contributed by atoms with Gasteiger partial charge in [0.1, 0.15) is 0 Å². The SMILES string of the molecule is COCCCOCCC1(CNCC(C)C)CCOC1C. The molecule has 120 valence electrons. The average molecular weight is 287 g/mol. The quantitative estimate of drug-likeness (QED) is 0.593. The molecule has 0 radical (unpaired) electrons. The summed E-state index contributed by atoms with van der Waals surface area (Å²) in [6.07, 6.45) is 3.51. The smallest absolute Gasteiger partial charge is 0.0617 e. The van der Waals surface area contributed by atoms with Crippen LogP contribution in [0.3, 0.4) is 0 Å². The standard InChI is InChI=1S/C16H33NO3/c1-14(2)12-17-13-16(7-11-20-15(16)3)6-10-19-9-5-8-18-4/h14-15,17H,5-13H2,1-4H3. The van der Waals surface area contributed by atoms with Crippen LogP contribution in [0.4, 0.5) is 0 Å². The highest BCUT2D eigenvalue weighted by molar-refractivity contribution is 4.91. The van der Waals surface area contributed by atoms with Crippen LogP contribution in [-0.4, -0.2) is 52.7 Å². The molecule has 4 nitrogen and oxygen atoms in total. The molecule has 0 aliphatic carbocycles. The number of nitrogens with one attached hydrogen (secondary N) is 1. The summed E-state index contributed by atoms with van der Waals surface area (Å²) in [5, 5.41) is 3.60. The zero-order chi connectivity index (χ0) is 14.8. The predicted octanol–water partition coefficient (Wildman–Crippen LogP) is 2.47. The molecular weight excluding hydrogens is 254 g/mol. The Hall–Kier alpha value is -0.160. The van der Waals surface area contributed by atoms with Gasteiger partial charge in [0.15, 0.2) is 0 Å². The van der Waals surface area contributed by atoms with Crippen molar-refractivity contribution in [3.8, 4) is 0 Å². The zero-order valence-corrected chi connectivity index (χ0v) is 13.7. The molecule has 0 aromatic rings. The van der Waals surface area contributed by atoms with Crippen LogP contribution in [-0.2, 0) is 14.2 Å². The number of ether oxygens (including phenoxy) is 3. The van der Waals surface area contributed by atoms with Gasteiger partial charge in [-0.25, -0.2) is 0 Å². The second kappa shape index (κ2) is 9.72. The monoisotopic (exact) mass is 287 g/mol. The third kappa shape index (κ3) is 6.08. The van der Waals surface area contributed by atoms with Crippen LogP contribution in [0, 0.1) is 11.3 Å². The molecule has 1 aliphatic rings. The van der Waals surface area contributed by atoms with Crippen molar-refractivity contribution in [2.24, 2.45) is 11.3 Å². The molecule has 20 heavy (non-hydrogen) atoms. The Morgan fingerprint density at radius 3 is 2.70 bits per heavy atom. The summed E-state index contributed by atoms with van der Waals surface area (Å²) in [7, 11) is 1.73. The van der Waals surface area contributed by atoms with E-state index < -0.39 is 0 Å². The van der Waals surface area contributed by atoms with Gasteiger partial charge in [0, 0.05) is 45.5 Å². The minimum atomic E-state index is 0.246. The average Bonchev–Trinajstić information content (AvgIpc) is 2.75. The molecule has 0 aromatic heterocycles. The Morgan fingerprint density at radius 1 is 1.30 bits per heavy atom. The highest BCUT2D eigenvalue weighted by atomic mass is 16.5. The maximum atomic E-state index is 5.81. The Kier molecular flexibility index (Phi) is 8.69. The van der Waals surface area contributed by atoms with Crippen molar-refractivity contribution < 1.29 is 14.2 Å². The minimum Gasteiger partial charge on any atom is -0.385 e. The van der Waals surface area contributed by atoms with Crippen LogP contribution < -0.4 is 5.32 Å². The van der Waals surface area contributed by atoms with E-state index in [0.717, 1.165) is 58.8 Å². The first-order valence-electron chi connectivity index (χ1n) is 8.00. The molecule has 1 N–H and O–H groups in total. The van der Waals surface area contributed by atoms with Crippen LogP contribution >= 0.6 is 0 Å². The van der Waals surface area contributed by atoms with Crippen molar-refractivity contribution in [1.29, 1.82) is 0 Å². The summed E-state index contributed by atoms with van der Waals surface area (Å²) in [6.45, 7) is 12.1. The van der Waals surface area contributed by atoms with Gasteiger partial charge >= 0.3 is 0 Å². The van der Waals surface area contributed by atoms with Crippen LogP contribution in [0.15, 0.2) is 0 Å². The van der Waals surface area contributed by atoms with Crippen molar-refractivity contribution in [2.75, 3.05) is 46.6 Å². The van der Waals surface area contributed by atoms with E-state index in [1.807, 2.05) is 0 Å². The first-order chi connectivity index (χ1) is 9.60. The van der Waals surface area contributed by atoms with Crippen molar-refractivity contribution >= 4 is 0 Å². The topological polar surface area (TPSA) is 39.7 Å². The third-order valence-corrected chi connectivity index (χ3v) is 4.24. The fraction of sp³-hybridized carbons (Fsp3) is 1.00. The third-order valence-electron chi connectivity index (χ3n) is 4.24. The summed E-state index contributed by atoms with van der Waals surface area (Å²) in [5.41, 5.74) is 0.246. The molecule has 0 aromatic carbocycles. The summed E-state index contributed by atoms with van der Waals surface area (Å²) in [4.78, 5) is 0. The van der Waals surface area contributed by atoms with E-state index in [0.29, 0.717) is 12.0 Å². The van der Waals surface area contributed by atoms with E-state index in [4.69, 9.17) is 14.2 Å². The second-order valence-corrected chi connectivity index (χ2v) is 6.36. The molecule has 2 atom stereocenters.